The van der Waals surface area contributed by atoms with Crippen molar-refractivity contribution in [3.63, 3.8) is 0 Å². The van der Waals surface area contributed by atoms with Crippen LogP contribution in [0.4, 0.5) is 4.79 Å². The van der Waals surface area contributed by atoms with Gasteiger partial charge in [0.1, 0.15) is 5.75 Å². The van der Waals surface area contributed by atoms with Crippen molar-refractivity contribution in [2.75, 3.05) is 19.8 Å². The molecule has 3 rings (SSSR count). The van der Waals surface area contributed by atoms with Crippen LogP contribution < -0.4 is 10.6 Å². The van der Waals surface area contributed by atoms with E-state index in [-0.39, 0.29) is 17.5 Å². The maximum absolute atomic E-state index is 12.3. The third-order valence-electron chi connectivity index (χ3n) is 5.95. The number of ether oxygens (including phenoxy) is 1. The minimum absolute atomic E-state index is 0.0648. The second-order valence-corrected chi connectivity index (χ2v) is 7.65. The smallest absolute Gasteiger partial charge is 0.315 e. The van der Waals surface area contributed by atoms with Crippen molar-refractivity contribution in [1.82, 2.24) is 10.6 Å². The number of carbonyl (C=O) groups excluding carboxylic acids is 1. The number of hydrogen-bond donors (Lipinski definition) is 3. The first-order valence-corrected chi connectivity index (χ1v) is 9.41. The van der Waals surface area contributed by atoms with Crippen molar-refractivity contribution in [2.24, 2.45) is 5.41 Å². The van der Waals surface area contributed by atoms with E-state index in [4.69, 9.17) is 4.74 Å². The molecule has 5 nitrogen and oxygen atoms in total. The molecule has 0 aromatic heterocycles. The first-order valence-electron chi connectivity index (χ1n) is 9.41. The predicted molar refractivity (Wildman–Crippen MR) is 97.9 cm³/mol. The highest BCUT2D eigenvalue weighted by Gasteiger charge is 2.44. The zero-order valence-corrected chi connectivity index (χ0v) is 15.4. The summed E-state index contributed by atoms with van der Waals surface area (Å²) in [6.45, 7) is 6.04. The summed E-state index contributed by atoms with van der Waals surface area (Å²) >= 11 is 0. The SMILES string of the molecule is Cc1cc(CCNC(=O)NC2CCCC23CCOCC3)cc(C)c1O. The minimum atomic E-state index is -0.0648. The maximum atomic E-state index is 12.3. The molecule has 5 heteroatoms. The lowest BCUT2D eigenvalue weighted by Gasteiger charge is -2.39. The molecule has 1 aliphatic carbocycles. The molecule has 1 aromatic rings. The van der Waals surface area contributed by atoms with E-state index in [1.54, 1.807) is 0 Å². The van der Waals surface area contributed by atoms with E-state index >= 15 is 0 Å². The van der Waals surface area contributed by atoms with Crippen molar-refractivity contribution < 1.29 is 14.6 Å². The van der Waals surface area contributed by atoms with Crippen LogP contribution in [0.3, 0.4) is 0 Å². The molecule has 2 amide bonds. The number of nitrogens with one attached hydrogen (secondary N) is 2. The van der Waals surface area contributed by atoms with Crippen LogP contribution in [0.2, 0.25) is 0 Å². The molecule has 1 spiro atoms. The van der Waals surface area contributed by atoms with Gasteiger partial charge in [0.25, 0.3) is 0 Å². The van der Waals surface area contributed by atoms with Gasteiger partial charge < -0.3 is 20.5 Å². The van der Waals surface area contributed by atoms with Crippen LogP contribution in [-0.4, -0.2) is 36.9 Å². The van der Waals surface area contributed by atoms with E-state index in [2.05, 4.69) is 10.6 Å². The standard InChI is InChI=1S/C20H30N2O3/c1-14-12-16(13-15(2)18(14)23)5-9-21-19(24)22-17-4-3-6-20(17)7-10-25-11-8-20/h12-13,17,23H,3-11H2,1-2H3,(H2,21,22,24). The predicted octanol–water partition coefficient (Wildman–Crippen LogP) is 3.20. The highest BCUT2D eigenvalue weighted by molar-refractivity contribution is 5.74. The molecule has 0 bridgehead atoms. The van der Waals surface area contributed by atoms with Crippen LogP contribution in [0.5, 0.6) is 5.75 Å². The molecule has 1 heterocycles. The van der Waals surface area contributed by atoms with Crippen LogP contribution in [0.15, 0.2) is 12.1 Å². The van der Waals surface area contributed by atoms with Gasteiger partial charge in [-0.05, 0) is 68.1 Å². The summed E-state index contributed by atoms with van der Waals surface area (Å²) < 4.78 is 5.50. The van der Waals surface area contributed by atoms with Crippen LogP contribution in [0.1, 0.15) is 48.8 Å². The molecule has 3 N–H and O–H groups in total. The van der Waals surface area contributed by atoms with Gasteiger partial charge in [-0.1, -0.05) is 18.6 Å². The van der Waals surface area contributed by atoms with Gasteiger partial charge in [-0.2, -0.15) is 0 Å². The highest BCUT2D eigenvalue weighted by atomic mass is 16.5. The number of amides is 2. The molecular weight excluding hydrogens is 316 g/mol. The van der Waals surface area contributed by atoms with Gasteiger partial charge in [0, 0.05) is 25.8 Å². The lowest BCUT2D eigenvalue weighted by atomic mass is 9.75. The third-order valence-corrected chi connectivity index (χ3v) is 5.95. The van der Waals surface area contributed by atoms with Gasteiger partial charge in [0.2, 0.25) is 0 Å². The number of phenols is 1. The lowest BCUT2D eigenvalue weighted by molar-refractivity contribution is 0.00625. The number of rotatable bonds is 4. The Hall–Kier alpha value is -1.75. The summed E-state index contributed by atoms with van der Waals surface area (Å²) in [6.07, 6.45) is 6.35. The first kappa shape index (κ1) is 18.1. The Bertz CT molecular complexity index is 600. The van der Waals surface area contributed by atoms with E-state index in [0.717, 1.165) is 55.6 Å². The van der Waals surface area contributed by atoms with Gasteiger partial charge >= 0.3 is 6.03 Å². The molecule has 1 aromatic carbocycles. The van der Waals surface area contributed by atoms with E-state index in [1.165, 1.54) is 12.8 Å². The number of phenolic OH excluding ortho intramolecular Hbond substituents is 1. The maximum Gasteiger partial charge on any atom is 0.315 e. The van der Waals surface area contributed by atoms with Crippen LogP contribution in [0.25, 0.3) is 0 Å². The first-order chi connectivity index (χ1) is 12.0. The minimum Gasteiger partial charge on any atom is -0.507 e. The van der Waals surface area contributed by atoms with Gasteiger partial charge in [-0.3, -0.25) is 0 Å². The van der Waals surface area contributed by atoms with E-state index in [1.807, 2.05) is 26.0 Å². The van der Waals surface area contributed by atoms with Crippen molar-refractivity contribution in [1.29, 1.82) is 0 Å². The zero-order valence-electron chi connectivity index (χ0n) is 15.4. The topological polar surface area (TPSA) is 70.6 Å². The van der Waals surface area contributed by atoms with Gasteiger partial charge in [0.15, 0.2) is 0 Å². The number of hydrogen-bond acceptors (Lipinski definition) is 3. The molecule has 2 fully saturated rings. The molecule has 138 valence electrons. The zero-order chi connectivity index (χ0) is 17.9. The third kappa shape index (κ3) is 4.09. The Morgan fingerprint density at radius 3 is 2.60 bits per heavy atom. The fraction of sp³-hybridized carbons (Fsp3) is 0.650. The summed E-state index contributed by atoms with van der Waals surface area (Å²) in [4.78, 5) is 12.3. The summed E-state index contributed by atoms with van der Waals surface area (Å²) in [5.74, 6) is 0.359. The van der Waals surface area contributed by atoms with E-state index < -0.39 is 0 Å². The largest absolute Gasteiger partial charge is 0.507 e. The summed E-state index contributed by atoms with van der Waals surface area (Å²) in [6, 6.07) is 4.17. The van der Waals surface area contributed by atoms with Crippen molar-refractivity contribution in [3.05, 3.63) is 28.8 Å². The number of carbonyl (C=O) groups is 1. The number of aryl methyl sites for hydroxylation is 2. The summed E-state index contributed by atoms with van der Waals surface area (Å²) in [5, 5.41) is 16.0. The monoisotopic (exact) mass is 346 g/mol. The average molecular weight is 346 g/mol. The van der Waals surface area contributed by atoms with Crippen molar-refractivity contribution in [3.8, 4) is 5.75 Å². The molecule has 0 radical (unpaired) electrons. The fourth-order valence-electron chi connectivity index (χ4n) is 4.46. The molecule has 1 unspecified atom stereocenters. The second kappa shape index (κ2) is 7.65. The quantitative estimate of drug-likeness (QED) is 0.784. The number of benzene rings is 1. The normalized spacial score (nSPS) is 22.1. The Morgan fingerprint density at radius 2 is 1.92 bits per heavy atom. The Kier molecular flexibility index (Phi) is 5.52. The lowest BCUT2D eigenvalue weighted by Crippen LogP contribution is -2.50. The Balaban J connectivity index is 1.48. The fourth-order valence-corrected chi connectivity index (χ4v) is 4.46. The summed E-state index contributed by atoms with van der Waals surface area (Å²) in [5.41, 5.74) is 3.15. The summed E-state index contributed by atoms with van der Waals surface area (Å²) in [7, 11) is 0. The number of aromatic hydroxyl groups is 1. The Labute approximate surface area is 150 Å². The van der Waals surface area contributed by atoms with Gasteiger partial charge in [-0.15, -0.1) is 0 Å². The molecular formula is C20H30N2O3. The van der Waals surface area contributed by atoms with Crippen molar-refractivity contribution >= 4 is 6.03 Å². The van der Waals surface area contributed by atoms with Gasteiger partial charge in [-0.25, -0.2) is 4.79 Å². The molecule has 25 heavy (non-hydrogen) atoms. The van der Waals surface area contributed by atoms with Crippen molar-refractivity contribution in [2.45, 2.75) is 58.4 Å². The van der Waals surface area contributed by atoms with Crippen LogP contribution in [-0.2, 0) is 11.2 Å². The molecule has 1 saturated carbocycles. The average Bonchev–Trinajstić information content (AvgIpc) is 2.95. The molecule has 2 aliphatic rings. The van der Waals surface area contributed by atoms with Crippen LogP contribution >= 0.6 is 0 Å². The number of urea groups is 1. The highest BCUT2D eigenvalue weighted by Crippen LogP contribution is 2.45. The van der Waals surface area contributed by atoms with E-state index in [9.17, 15) is 9.90 Å². The van der Waals surface area contributed by atoms with Gasteiger partial charge in [0.05, 0.1) is 0 Å². The molecule has 1 saturated heterocycles. The molecule has 1 atom stereocenters. The molecule has 1 aliphatic heterocycles. The van der Waals surface area contributed by atoms with Crippen LogP contribution in [0, 0.1) is 19.3 Å². The second-order valence-electron chi connectivity index (χ2n) is 7.65. The van der Waals surface area contributed by atoms with E-state index in [0.29, 0.717) is 12.3 Å². The Morgan fingerprint density at radius 1 is 1.24 bits per heavy atom.